The Morgan fingerprint density at radius 1 is 1.14 bits per heavy atom. The summed E-state index contributed by atoms with van der Waals surface area (Å²) in [5, 5.41) is 0.295. The van der Waals surface area contributed by atoms with Gasteiger partial charge in [0.15, 0.2) is 5.16 Å². The molecule has 8 heteroatoms. The van der Waals surface area contributed by atoms with Crippen LogP contribution in [0.3, 0.4) is 0 Å². The Morgan fingerprint density at radius 2 is 1.83 bits per heavy atom. The van der Waals surface area contributed by atoms with E-state index in [4.69, 9.17) is 4.74 Å². The quantitative estimate of drug-likeness (QED) is 0.365. The van der Waals surface area contributed by atoms with Gasteiger partial charge in [-0.05, 0) is 37.3 Å². The van der Waals surface area contributed by atoms with Gasteiger partial charge in [-0.3, -0.25) is 14.2 Å². The first kappa shape index (κ1) is 20.6. The SMILES string of the molecule is COC(=O)c1ccc2c(=O)n(-c3ccccc3)c(S[C@@H](C)C(=O)N(C)C)nc2c1. The van der Waals surface area contributed by atoms with E-state index >= 15 is 0 Å². The van der Waals surface area contributed by atoms with Gasteiger partial charge in [-0.1, -0.05) is 30.0 Å². The standard InChI is InChI=1S/C21H21N3O4S/c1-13(18(25)23(2)3)29-21-22-17-12-14(20(27)28-4)10-11-16(17)19(26)24(21)15-8-6-5-7-9-15/h5-13H,1-4H3/t13-/m0/s1. The largest absolute Gasteiger partial charge is 0.465 e. The third-order valence-electron chi connectivity index (χ3n) is 4.34. The van der Waals surface area contributed by atoms with Crippen LogP contribution in [0.15, 0.2) is 58.5 Å². The third-order valence-corrected chi connectivity index (χ3v) is 5.38. The number of hydrogen-bond donors (Lipinski definition) is 0. The van der Waals surface area contributed by atoms with Crippen molar-refractivity contribution in [3.8, 4) is 5.69 Å². The van der Waals surface area contributed by atoms with Gasteiger partial charge in [-0.2, -0.15) is 0 Å². The normalized spacial score (nSPS) is 11.9. The van der Waals surface area contributed by atoms with Crippen molar-refractivity contribution in [1.82, 2.24) is 14.5 Å². The number of hydrogen-bond acceptors (Lipinski definition) is 6. The van der Waals surface area contributed by atoms with Crippen LogP contribution in [0, 0.1) is 0 Å². The van der Waals surface area contributed by atoms with Crippen LogP contribution < -0.4 is 5.56 Å². The molecule has 0 N–H and O–H groups in total. The van der Waals surface area contributed by atoms with Crippen molar-refractivity contribution in [3.63, 3.8) is 0 Å². The number of carbonyl (C=O) groups is 2. The summed E-state index contributed by atoms with van der Waals surface area (Å²) in [6.45, 7) is 1.77. The van der Waals surface area contributed by atoms with E-state index in [0.29, 0.717) is 27.3 Å². The molecule has 0 aliphatic carbocycles. The minimum Gasteiger partial charge on any atom is -0.465 e. The number of carbonyl (C=O) groups excluding carboxylic acids is 2. The van der Waals surface area contributed by atoms with E-state index in [1.807, 2.05) is 18.2 Å². The molecule has 2 aromatic carbocycles. The van der Waals surface area contributed by atoms with E-state index in [2.05, 4.69) is 4.98 Å². The molecule has 0 saturated heterocycles. The van der Waals surface area contributed by atoms with Crippen LogP contribution in [-0.4, -0.2) is 52.8 Å². The molecule has 0 radical (unpaired) electrons. The van der Waals surface area contributed by atoms with Crippen molar-refractivity contribution in [3.05, 3.63) is 64.4 Å². The van der Waals surface area contributed by atoms with Gasteiger partial charge in [-0.15, -0.1) is 0 Å². The Labute approximate surface area is 172 Å². The van der Waals surface area contributed by atoms with E-state index in [9.17, 15) is 14.4 Å². The second-order valence-electron chi connectivity index (χ2n) is 6.59. The number of nitrogens with zero attached hydrogens (tertiary/aromatic N) is 3. The van der Waals surface area contributed by atoms with Gasteiger partial charge in [0, 0.05) is 14.1 Å². The molecule has 3 rings (SSSR count). The van der Waals surface area contributed by atoms with Gasteiger partial charge < -0.3 is 9.64 Å². The molecule has 1 heterocycles. The Balaban J connectivity index is 2.23. The van der Waals surface area contributed by atoms with Gasteiger partial charge >= 0.3 is 5.97 Å². The molecule has 3 aromatic rings. The van der Waals surface area contributed by atoms with E-state index < -0.39 is 11.2 Å². The summed E-state index contributed by atoms with van der Waals surface area (Å²) in [7, 11) is 4.66. The first-order valence-electron chi connectivity index (χ1n) is 8.92. The molecular weight excluding hydrogens is 390 g/mol. The second kappa shape index (κ2) is 8.48. The van der Waals surface area contributed by atoms with Gasteiger partial charge in [0.2, 0.25) is 5.91 Å². The number of aromatic nitrogens is 2. The maximum absolute atomic E-state index is 13.3. The summed E-state index contributed by atoms with van der Waals surface area (Å²) in [6, 6.07) is 13.8. The van der Waals surface area contributed by atoms with E-state index in [-0.39, 0.29) is 11.5 Å². The van der Waals surface area contributed by atoms with Crippen molar-refractivity contribution in [2.24, 2.45) is 0 Å². The Hall–Kier alpha value is -3.13. The summed E-state index contributed by atoms with van der Waals surface area (Å²) < 4.78 is 6.25. The van der Waals surface area contributed by atoms with Gasteiger partial charge in [0.1, 0.15) is 0 Å². The number of ether oxygens (including phenoxy) is 1. The summed E-state index contributed by atoms with van der Waals surface area (Å²) in [5.41, 5.74) is 1.05. The maximum Gasteiger partial charge on any atom is 0.337 e. The second-order valence-corrected chi connectivity index (χ2v) is 7.89. The molecule has 7 nitrogen and oxygen atoms in total. The predicted molar refractivity (Wildman–Crippen MR) is 113 cm³/mol. The molecule has 0 bridgehead atoms. The summed E-state index contributed by atoms with van der Waals surface area (Å²) in [5.74, 6) is -0.599. The minimum absolute atomic E-state index is 0.0905. The average Bonchev–Trinajstić information content (AvgIpc) is 2.72. The van der Waals surface area contributed by atoms with Gasteiger partial charge in [0.05, 0.1) is 34.5 Å². The molecule has 0 saturated carbocycles. The molecule has 150 valence electrons. The summed E-state index contributed by atoms with van der Waals surface area (Å²) in [4.78, 5) is 43.6. The number of para-hydroxylation sites is 1. The highest BCUT2D eigenvalue weighted by Crippen LogP contribution is 2.26. The molecule has 0 aliphatic heterocycles. The number of rotatable bonds is 5. The summed E-state index contributed by atoms with van der Waals surface area (Å²) >= 11 is 1.19. The Morgan fingerprint density at radius 3 is 2.45 bits per heavy atom. The number of benzene rings is 2. The van der Waals surface area contributed by atoms with E-state index in [1.54, 1.807) is 39.2 Å². The number of thioether (sulfide) groups is 1. The van der Waals surface area contributed by atoms with Gasteiger partial charge in [-0.25, -0.2) is 9.78 Å². The molecular formula is C21H21N3O4S. The molecule has 0 fully saturated rings. The van der Waals surface area contributed by atoms with Crippen molar-refractivity contribution >= 4 is 34.5 Å². The highest BCUT2D eigenvalue weighted by Gasteiger charge is 2.22. The van der Waals surface area contributed by atoms with Crippen LogP contribution in [0.4, 0.5) is 0 Å². The Kier molecular flexibility index (Phi) is 6.03. The van der Waals surface area contributed by atoms with E-state index in [0.717, 1.165) is 0 Å². The molecule has 1 amide bonds. The zero-order valence-electron chi connectivity index (χ0n) is 16.6. The van der Waals surface area contributed by atoms with Crippen LogP contribution in [-0.2, 0) is 9.53 Å². The number of methoxy groups -OCH3 is 1. The Bertz CT molecular complexity index is 1130. The first-order chi connectivity index (χ1) is 13.8. The molecule has 0 unspecified atom stereocenters. The summed E-state index contributed by atoms with van der Waals surface area (Å²) in [6.07, 6.45) is 0. The van der Waals surface area contributed by atoms with Gasteiger partial charge in [0.25, 0.3) is 5.56 Å². The van der Waals surface area contributed by atoms with Crippen molar-refractivity contribution in [1.29, 1.82) is 0 Å². The number of esters is 1. The minimum atomic E-state index is -0.508. The third kappa shape index (κ3) is 4.17. The van der Waals surface area contributed by atoms with Crippen molar-refractivity contribution < 1.29 is 14.3 Å². The molecule has 1 atom stereocenters. The molecule has 1 aromatic heterocycles. The fourth-order valence-electron chi connectivity index (χ4n) is 2.87. The highest BCUT2D eigenvalue weighted by molar-refractivity contribution is 8.00. The zero-order valence-corrected chi connectivity index (χ0v) is 17.4. The fourth-order valence-corrected chi connectivity index (χ4v) is 3.94. The smallest absolute Gasteiger partial charge is 0.337 e. The van der Waals surface area contributed by atoms with Crippen molar-refractivity contribution in [2.45, 2.75) is 17.3 Å². The van der Waals surface area contributed by atoms with E-state index in [1.165, 1.54) is 40.5 Å². The fraction of sp³-hybridized carbons (Fsp3) is 0.238. The van der Waals surface area contributed by atoms with Crippen LogP contribution in [0.5, 0.6) is 0 Å². The molecule has 0 spiro atoms. The van der Waals surface area contributed by atoms with Crippen LogP contribution in [0.25, 0.3) is 16.6 Å². The first-order valence-corrected chi connectivity index (χ1v) is 9.80. The van der Waals surface area contributed by atoms with Crippen molar-refractivity contribution in [2.75, 3.05) is 21.2 Å². The monoisotopic (exact) mass is 411 g/mol. The molecule has 0 aliphatic rings. The highest BCUT2D eigenvalue weighted by atomic mass is 32.2. The lowest BCUT2D eigenvalue weighted by Gasteiger charge is -2.18. The topological polar surface area (TPSA) is 81.5 Å². The average molecular weight is 411 g/mol. The maximum atomic E-state index is 13.3. The lowest BCUT2D eigenvalue weighted by molar-refractivity contribution is -0.127. The number of fused-ring (bicyclic) bond motifs is 1. The predicted octanol–water partition coefficient (Wildman–Crippen LogP) is 2.74. The zero-order chi connectivity index (χ0) is 21.1. The van der Waals surface area contributed by atoms with Crippen LogP contribution >= 0.6 is 11.8 Å². The van der Waals surface area contributed by atoms with Crippen LogP contribution in [0.1, 0.15) is 17.3 Å². The lowest BCUT2D eigenvalue weighted by Crippen LogP contribution is -2.31. The number of amides is 1. The van der Waals surface area contributed by atoms with Crippen LogP contribution in [0.2, 0.25) is 0 Å². The lowest BCUT2D eigenvalue weighted by atomic mass is 10.1. The molecule has 29 heavy (non-hydrogen) atoms.